The van der Waals surface area contributed by atoms with Gasteiger partial charge in [-0.15, -0.1) is 0 Å². The second kappa shape index (κ2) is 12.4. The van der Waals surface area contributed by atoms with Crippen LogP contribution in [0.1, 0.15) is 48.2 Å². The lowest BCUT2D eigenvalue weighted by Gasteiger charge is -2.17. The fraction of sp³-hybridized carbons (Fsp3) is 0.348. The monoisotopic (exact) mass is 521 g/mol. The molecule has 0 aliphatic rings. The number of hydrazine groups is 1. The van der Waals surface area contributed by atoms with Crippen molar-refractivity contribution in [3.8, 4) is 11.5 Å². The van der Waals surface area contributed by atoms with Crippen molar-refractivity contribution in [1.29, 1.82) is 0 Å². The van der Waals surface area contributed by atoms with Crippen LogP contribution in [0, 0.1) is 13.8 Å². The third-order valence-corrected chi connectivity index (χ3v) is 5.46. The highest BCUT2D eigenvalue weighted by Crippen LogP contribution is 2.26. The lowest BCUT2D eigenvalue weighted by atomic mass is 10.1. The van der Waals surface area contributed by atoms with E-state index in [2.05, 4.69) is 39.0 Å². The molecule has 0 spiro atoms. The van der Waals surface area contributed by atoms with E-state index in [9.17, 15) is 9.59 Å². The lowest BCUT2D eigenvalue weighted by molar-refractivity contribution is -0.127. The Kier molecular flexibility index (Phi) is 9.93. The Balaban J connectivity index is 1.82. The Hall–Kier alpha value is -2.65. The van der Waals surface area contributed by atoms with Crippen LogP contribution in [0.2, 0.25) is 0 Å². The number of carbonyl (C=O) groups excluding carboxylic acids is 2. The number of benzene rings is 2. The zero-order valence-corrected chi connectivity index (χ0v) is 21.0. The van der Waals surface area contributed by atoms with Gasteiger partial charge in [-0.05, 0) is 96.8 Å². The molecule has 9 heteroatoms. The van der Waals surface area contributed by atoms with Crippen molar-refractivity contribution < 1.29 is 19.1 Å². The number of ether oxygens (including phenoxy) is 2. The summed E-state index contributed by atoms with van der Waals surface area (Å²) in [7, 11) is 0. The van der Waals surface area contributed by atoms with Gasteiger partial charge in [0.25, 0.3) is 11.8 Å². The molecule has 2 amide bonds. The highest BCUT2D eigenvalue weighted by Gasteiger charge is 2.16. The van der Waals surface area contributed by atoms with Crippen molar-refractivity contribution >= 4 is 45.1 Å². The van der Waals surface area contributed by atoms with E-state index >= 15 is 0 Å². The summed E-state index contributed by atoms with van der Waals surface area (Å²) in [6.07, 6.45) is 1.23. The fourth-order valence-electron chi connectivity index (χ4n) is 2.56. The number of rotatable bonds is 8. The van der Waals surface area contributed by atoms with Gasteiger partial charge in [0.1, 0.15) is 11.5 Å². The van der Waals surface area contributed by atoms with Crippen LogP contribution in [0.3, 0.4) is 0 Å². The minimum atomic E-state index is -0.765. The van der Waals surface area contributed by atoms with Gasteiger partial charge < -0.3 is 9.47 Å². The minimum absolute atomic E-state index is 0.0406. The van der Waals surface area contributed by atoms with Crippen LogP contribution in [0.5, 0.6) is 11.5 Å². The topological polar surface area (TPSA) is 88.7 Å². The molecule has 0 aliphatic carbocycles. The highest BCUT2D eigenvalue weighted by molar-refractivity contribution is 9.10. The van der Waals surface area contributed by atoms with Gasteiger partial charge in [-0.3, -0.25) is 25.8 Å². The first-order valence-electron chi connectivity index (χ1n) is 10.3. The fourth-order valence-corrected chi connectivity index (χ4v) is 3.19. The number of nitrogens with one attached hydrogen (secondary N) is 3. The number of thiocarbonyl (C=S) groups is 1. The number of amides is 2. The average Bonchev–Trinajstić information content (AvgIpc) is 2.75. The average molecular weight is 522 g/mol. The van der Waals surface area contributed by atoms with E-state index in [-0.39, 0.29) is 5.11 Å². The van der Waals surface area contributed by atoms with Gasteiger partial charge in [0, 0.05) is 5.56 Å². The summed E-state index contributed by atoms with van der Waals surface area (Å²) in [4.78, 5) is 24.7. The second-order valence-corrected chi connectivity index (χ2v) is 8.51. The van der Waals surface area contributed by atoms with Gasteiger partial charge in [0.05, 0.1) is 11.1 Å². The Labute approximate surface area is 202 Å². The summed E-state index contributed by atoms with van der Waals surface area (Å²) in [5.41, 5.74) is 7.55. The molecule has 3 N–H and O–H groups in total. The van der Waals surface area contributed by atoms with Crippen molar-refractivity contribution in [3.05, 3.63) is 57.6 Å². The predicted octanol–water partition coefficient (Wildman–Crippen LogP) is 4.35. The number of hydrogen-bond acceptors (Lipinski definition) is 5. The van der Waals surface area contributed by atoms with Crippen LogP contribution in [0.4, 0.5) is 0 Å². The van der Waals surface area contributed by atoms with Gasteiger partial charge in [-0.1, -0.05) is 19.4 Å². The van der Waals surface area contributed by atoms with Crippen molar-refractivity contribution in [2.45, 2.75) is 46.6 Å². The van der Waals surface area contributed by atoms with Crippen LogP contribution in [-0.4, -0.2) is 29.6 Å². The van der Waals surface area contributed by atoms with Crippen molar-refractivity contribution in [1.82, 2.24) is 16.2 Å². The summed E-state index contributed by atoms with van der Waals surface area (Å²) >= 11 is 8.50. The molecule has 0 heterocycles. The molecule has 1 unspecified atom stereocenters. The van der Waals surface area contributed by atoms with Crippen LogP contribution in [0.15, 0.2) is 40.9 Å². The molecule has 0 fully saturated rings. The second-order valence-electron chi connectivity index (χ2n) is 7.25. The molecule has 0 saturated carbocycles. The molecular formula is C23H28BrN3O4S. The van der Waals surface area contributed by atoms with Crippen LogP contribution < -0.4 is 25.6 Å². The summed E-state index contributed by atoms with van der Waals surface area (Å²) in [5, 5.41) is 2.48. The third kappa shape index (κ3) is 7.80. The van der Waals surface area contributed by atoms with Gasteiger partial charge in [-0.2, -0.15) is 0 Å². The molecule has 32 heavy (non-hydrogen) atoms. The van der Waals surface area contributed by atoms with Crippen molar-refractivity contribution in [3.63, 3.8) is 0 Å². The van der Waals surface area contributed by atoms with Gasteiger partial charge in [-0.25, -0.2) is 0 Å². The van der Waals surface area contributed by atoms with Crippen LogP contribution >= 0.6 is 28.1 Å². The zero-order valence-electron chi connectivity index (χ0n) is 18.6. The Morgan fingerprint density at radius 3 is 2.50 bits per heavy atom. The number of unbranched alkanes of at least 4 members (excludes halogenated alkanes) is 1. The Bertz CT molecular complexity index is 984. The van der Waals surface area contributed by atoms with E-state index < -0.39 is 17.9 Å². The van der Waals surface area contributed by atoms with E-state index in [1.807, 2.05) is 32.0 Å². The van der Waals surface area contributed by atoms with E-state index in [1.165, 1.54) is 0 Å². The number of aryl methyl sites for hydroxylation is 2. The molecule has 1 atom stereocenters. The molecule has 2 rings (SSSR count). The summed E-state index contributed by atoms with van der Waals surface area (Å²) in [6.45, 7) is 8.29. The van der Waals surface area contributed by atoms with E-state index in [0.29, 0.717) is 28.1 Å². The first-order valence-corrected chi connectivity index (χ1v) is 11.5. The largest absolute Gasteiger partial charge is 0.492 e. The van der Waals surface area contributed by atoms with Crippen LogP contribution in [-0.2, 0) is 4.79 Å². The molecule has 0 radical (unpaired) electrons. The van der Waals surface area contributed by atoms with E-state index in [4.69, 9.17) is 21.7 Å². The summed E-state index contributed by atoms with van der Waals surface area (Å²) in [6, 6.07) is 10.6. The Morgan fingerprint density at radius 1 is 1.09 bits per heavy atom. The first-order chi connectivity index (χ1) is 15.2. The number of hydrogen-bond donors (Lipinski definition) is 3. The van der Waals surface area contributed by atoms with Crippen LogP contribution in [0.25, 0.3) is 0 Å². The molecule has 0 saturated heterocycles. The van der Waals surface area contributed by atoms with Gasteiger partial charge in [0.15, 0.2) is 11.2 Å². The quantitative estimate of drug-likeness (QED) is 0.272. The molecule has 172 valence electrons. The van der Waals surface area contributed by atoms with Gasteiger partial charge >= 0.3 is 0 Å². The first kappa shape index (κ1) is 25.6. The SMILES string of the molecule is CCCCOc1ccc(C(=O)NC(=S)NNC(=O)C(C)Oc2ccc(C)c(C)c2)cc1Br. The number of carbonyl (C=O) groups is 2. The summed E-state index contributed by atoms with van der Waals surface area (Å²) < 4.78 is 12.0. The third-order valence-electron chi connectivity index (χ3n) is 4.64. The molecule has 7 nitrogen and oxygen atoms in total. The predicted molar refractivity (Wildman–Crippen MR) is 132 cm³/mol. The zero-order chi connectivity index (χ0) is 23.7. The van der Waals surface area contributed by atoms with Crippen molar-refractivity contribution in [2.75, 3.05) is 6.61 Å². The minimum Gasteiger partial charge on any atom is -0.492 e. The smallest absolute Gasteiger partial charge is 0.279 e. The number of halogens is 1. The molecule has 0 aliphatic heterocycles. The Morgan fingerprint density at radius 2 is 1.84 bits per heavy atom. The molecule has 2 aromatic carbocycles. The molecular weight excluding hydrogens is 494 g/mol. The van der Waals surface area contributed by atoms with E-state index in [1.54, 1.807) is 25.1 Å². The maximum absolute atomic E-state index is 12.4. The molecule has 0 bridgehead atoms. The molecule has 0 aromatic heterocycles. The summed E-state index contributed by atoms with van der Waals surface area (Å²) in [5.74, 6) is 0.410. The maximum atomic E-state index is 12.4. The molecule has 2 aromatic rings. The standard InChI is InChI=1S/C23H28BrN3O4S/c1-5-6-11-30-20-10-8-17(13-19(20)24)22(29)25-23(32)27-26-21(28)16(4)31-18-9-7-14(2)15(3)12-18/h7-10,12-13,16H,5-6,11H2,1-4H3,(H,26,28)(H2,25,27,29,32). The highest BCUT2D eigenvalue weighted by atomic mass is 79.9. The van der Waals surface area contributed by atoms with E-state index in [0.717, 1.165) is 24.0 Å². The lowest BCUT2D eigenvalue weighted by Crippen LogP contribution is -2.51. The maximum Gasteiger partial charge on any atom is 0.279 e. The normalized spacial score (nSPS) is 11.3. The van der Waals surface area contributed by atoms with Gasteiger partial charge in [0.2, 0.25) is 0 Å². The van der Waals surface area contributed by atoms with Crippen molar-refractivity contribution in [2.24, 2.45) is 0 Å².